The van der Waals surface area contributed by atoms with Gasteiger partial charge in [-0.1, -0.05) is 24.3 Å². The van der Waals surface area contributed by atoms with Gasteiger partial charge in [-0.25, -0.2) is 13.6 Å². The van der Waals surface area contributed by atoms with Gasteiger partial charge in [-0.05, 0) is 61.4 Å². The SMILES string of the molecule is CC1(C)CN(C(N)=O)c2ccc(F)c(F)c2N1Cc1ccc(COc2ccc(C(N)=O)cc2)cc1. The molecule has 0 saturated heterocycles. The van der Waals surface area contributed by atoms with Crippen LogP contribution < -0.4 is 26.0 Å². The van der Waals surface area contributed by atoms with Crippen LogP contribution in [0.3, 0.4) is 0 Å². The zero-order valence-corrected chi connectivity index (χ0v) is 19.4. The van der Waals surface area contributed by atoms with Gasteiger partial charge in [0.1, 0.15) is 18.0 Å². The van der Waals surface area contributed by atoms with Crippen molar-refractivity contribution in [3.8, 4) is 5.75 Å². The number of halogens is 2. The summed E-state index contributed by atoms with van der Waals surface area (Å²) in [6.45, 7) is 4.52. The van der Waals surface area contributed by atoms with E-state index in [1.165, 1.54) is 11.0 Å². The van der Waals surface area contributed by atoms with E-state index in [0.717, 1.165) is 17.2 Å². The molecular formula is C26H26F2N4O3. The number of anilines is 2. The number of amides is 3. The van der Waals surface area contributed by atoms with Crippen molar-refractivity contribution in [1.29, 1.82) is 0 Å². The molecule has 1 heterocycles. The minimum Gasteiger partial charge on any atom is -0.489 e. The Balaban J connectivity index is 1.52. The van der Waals surface area contributed by atoms with Gasteiger partial charge in [0.25, 0.3) is 0 Å². The van der Waals surface area contributed by atoms with Crippen LogP contribution >= 0.6 is 0 Å². The maximum atomic E-state index is 15.0. The molecule has 1 aliphatic heterocycles. The predicted octanol–water partition coefficient (Wildman–Crippen LogP) is 4.33. The Hall–Kier alpha value is -4.14. The third-order valence-corrected chi connectivity index (χ3v) is 6.06. The molecule has 3 aromatic carbocycles. The van der Waals surface area contributed by atoms with E-state index in [-0.39, 0.29) is 17.9 Å². The highest BCUT2D eigenvalue weighted by Crippen LogP contribution is 2.43. The second-order valence-corrected chi connectivity index (χ2v) is 9.05. The molecule has 9 heteroatoms. The molecule has 0 unspecified atom stereocenters. The Morgan fingerprint density at radius 2 is 1.57 bits per heavy atom. The highest BCUT2D eigenvalue weighted by molar-refractivity contribution is 5.96. The lowest BCUT2D eigenvalue weighted by molar-refractivity contribution is 0.1000. The monoisotopic (exact) mass is 480 g/mol. The zero-order valence-electron chi connectivity index (χ0n) is 19.4. The summed E-state index contributed by atoms with van der Waals surface area (Å²) in [4.78, 5) is 26.2. The fourth-order valence-corrected chi connectivity index (χ4v) is 4.16. The van der Waals surface area contributed by atoms with Crippen molar-refractivity contribution in [3.05, 3.63) is 89.0 Å². The average molecular weight is 481 g/mol. The van der Waals surface area contributed by atoms with Crippen molar-refractivity contribution in [2.24, 2.45) is 11.5 Å². The molecule has 7 nitrogen and oxygen atoms in total. The number of hydrogen-bond donors (Lipinski definition) is 2. The number of nitrogens with two attached hydrogens (primary N) is 2. The molecule has 0 fully saturated rings. The van der Waals surface area contributed by atoms with Crippen LogP contribution in [0.5, 0.6) is 5.75 Å². The van der Waals surface area contributed by atoms with Gasteiger partial charge >= 0.3 is 6.03 Å². The van der Waals surface area contributed by atoms with Crippen molar-refractivity contribution in [2.45, 2.75) is 32.5 Å². The van der Waals surface area contributed by atoms with E-state index in [1.807, 2.05) is 38.1 Å². The zero-order chi connectivity index (χ0) is 25.3. The van der Waals surface area contributed by atoms with Crippen LogP contribution in [-0.2, 0) is 13.2 Å². The summed E-state index contributed by atoms with van der Waals surface area (Å²) in [6, 6.07) is 15.8. The lowest BCUT2D eigenvalue weighted by atomic mass is 9.94. The predicted molar refractivity (Wildman–Crippen MR) is 129 cm³/mol. The van der Waals surface area contributed by atoms with Gasteiger partial charge in [-0.15, -0.1) is 0 Å². The molecule has 4 N–H and O–H groups in total. The van der Waals surface area contributed by atoms with Crippen molar-refractivity contribution in [2.75, 3.05) is 16.3 Å². The molecule has 35 heavy (non-hydrogen) atoms. The van der Waals surface area contributed by atoms with Gasteiger partial charge in [0.05, 0.1) is 17.8 Å². The van der Waals surface area contributed by atoms with Gasteiger partial charge < -0.3 is 21.1 Å². The largest absolute Gasteiger partial charge is 0.489 e. The Bertz CT molecular complexity index is 1260. The molecule has 4 rings (SSSR count). The quantitative estimate of drug-likeness (QED) is 0.548. The topological polar surface area (TPSA) is 102 Å². The first-order valence-corrected chi connectivity index (χ1v) is 11.0. The highest BCUT2D eigenvalue weighted by Gasteiger charge is 2.40. The van der Waals surface area contributed by atoms with E-state index in [1.54, 1.807) is 29.2 Å². The van der Waals surface area contributed by atoms with Crippen molar-refractivity contribution < 1.29 is 23.1 Å². The third kappa shape index (κ3) is 4.89. The van der Waals surface area contributed by atoms with Gasteiger partial charge in [0, 0.05) is 12.1 Å². The number of nitrogens with zero attached hydrogens (tertiary/aromatic N) is 2. The number of primary amides is 2. The van der Waals surface area contributed by atoms with Crippen LogP contribution in [0.15, 0.2) is 60.7 Å². The molecule has 0 atom stereocenters. The van der Waals surface area contributed by atoms with E-state index in [0.29, 0.717) is 24.5 Å². The number of carbonyl (C=O) groups excluding carboxylic acids is 2. The summed E-state index contributed by atoms with van der Waals surface area (Å²) in [5.74, 6) is -1.92. The minimum atomic E-state index is -1.02. The molecule has 0 spiro atoms. The van der Waals surface area contributed by atoms with Crippen LogP contribution in [0.25, 0.3) is 0 Å². The fraction of sp³-hybridized carbons (Fsp3) is 0.231. The molecule has 0 saturated carbocycles. The molecule has 1 aliphatic rings. The van der Waals surface area contributed by atoms with Crippen LogP contribution in [0, 0.1) is 11.6 Å². The maximum absolute atomic E-state index is 15.0. The second-order valence-electron chi connectivity index (χ2n) is 9.05. The first-order valence-electron chi connectivity index (χ1n) is 11.0. The van der Waals surface area contributed by atoms with Gasteiger partial charge in [0.2, 0.25) is 5.91 Å². The Morgan fingerprint density at radius 3 is 2.17 bits per heavy atom. The van der Waals surface area contributed by atoms with Crippen LogP contribution in [-0.4, -0.2) is 24.0 Å². The maximum Gasteiger partial charge on any atom is 0.319 e. The molecule has 0 radical (unpaired) electrons. The minimum absolute atomic E-state index is 0.00636. The van der Waals surface area contributed by atoms with E-state index < -0.39 is 29.1 Å². The molecule has 0 bridgehead atoms. The Labute approximate surface area is 201 Å². The molecule has 0 aromatic heterocycles. The van der Waals surface area contributed by atoms with Gasteiger partial charge in [-0.3, -0.25) is 9.69 Å². The first kappa shape index (κ1) is 24.0. The Morgan fingerprint density at radius 1 is 0.943 bits per heavy atom. The number of rotatable bonds is 6. The number of hydrogen-bond acceptors (Lipinski definition) is 4. The number of urea groups is 1. The molecule has 182 valence electrons. The Kier molecular flexibility index (Phi) is 6.34. The van der Waals surface area contributed by atoms with Gasteiger partial charge in [-0.2, -0.15) is 0 Å². The van der Waals surface area contributed by atoms with Gasteiger partial charge in [0.15, 0.2) is 11.6 Å². The summed E-state index contributed by atoms with van der Waals surface area (Å²) in [6.07, 6.45) is 0. The van der Waals surface area contributed by atoms with Crippen LogP contribution in [0.1, 0.15) is 35.3 Å². The normalized spacial score (nSPS) is 14.4. The molecule has 0 aliphatic carbocycles. The summed E-state index contributed by atoms with van der Waals surface area (Å²) < 4.78 is 34.9. The molecule has 3 aromatic rings. The summed E-state index contributed by atoms with van der Waals surface area (Å²) in [5, 5.41) is 0. The summed E-state index contributed by atoms with van der Waals surface area (Å²) in [5.41, 5.74) is 12.5. The van der Waals surface area contributed by atoms with Crippen LogP contribution in [0.4, 0.5) is 25.0 Å². The number of benzene rings is 3. The smallest absolute Gasteiger partial charge is 0.319 e. The number of ether oxygens (including phenoxy) is 1. The lowest BCUT2D eigenvalue weighted by Crippen LogP contribution is -2.58. The number of carbonyl (C=O) groups is 2. The summed E-state index contributed by atoms with van der Waals surface area (Å²) >= 11 is 0. The molecule has 3 amide bonds. The average Bonchev–Trinajstić information content (AvgIpc) is 2.82. The second kappa shape index (κ2) is 9.25. The van der Waals surface area contributed by atoms with Crippen molar-refractivity contribution >= 4 is 23.3 Å². The highest BCUT2D eigenvalue weighted by atomic mass is 19.2. The lowest BCUT2D eigenvalue weighted by Gasteiger charge is -2.48. The van der Waals surface area contributed by atoms with E-state index in [9.17, 15) is 18.4 Å². The van der Waals surface area contributed by atoms with E-state index in [4.69, 9.17) is 16.2 Å². The van der Waals surface area contributed by atoms with Crippen molar-refractivity contribution in [3.63, 3.8) is 0 Å². The standard InChI is InChI=1S/C26H26F2N4O3/c1-26(2)15-31(25(30)34)21-12-11-20(27)22(28)23(21)32(26)13-16-3-5-17(6-4-16)14-35-19-9-7-18(8-10-19)24(29)33/h3-12H,13-15H2,1-2H3,(H2,29,33)(H2,30,34). The third-order valence-electron chi connectivity index (χ3n) is 6.06. The fourth-order valence-electron chi connectivity index (χ4n) is 4.16. The van der Waals surface area contributed by atoms with Crippen molar-refractivity contribution in [1.82, 2.24) is 0 Å². The molecular weight excluding hydrogens is 454 g/mol. The summed E-state index contributed by atoms with van der Waals surface area (Å²) in [7, 11) is 0. The van der Waals surface area contributed by atoms with E-state index >= 15 is 0 Å². The first-order chi connectivity index (χ1) is 16.6. The number of fused-ring (bicyclic) bond motifs is 1. The van der Waals surface area contributed by atoms with Crippen LogP contribution in [0.2, 0.25) is 0 Å². The van der Waals surface area contributed by atoms with E-state index in [2.05, 4.69) is 0 Å².